The van der Waals surface area contributed by atoms with Crippen LogP contribution in [0.4, 0.5) is 4.79 Å². The van der Waals surface area contributed by atoms with E-state index in [1.165, 1.54) is 0 Å². The molecule has 3 amide bonds. The molecule has 6 heteroatoms. The van der Waals surface area contributed by atoms with E-state index in [0.29, 0.717) is 19.5 Å². The van der Waals surface area contributed by atoms with Crippen molar-refractivity contribution in [2.24, 2.45) is 5.73 Å². The van der Waals surface area contributed by atoms with Crippen LogP contribution < -0.4 is 11.1 Å². The van der Waals surface area contributed by atoms with Gasteiger partial charge in [-0.05, 0) is 26.7 Å². The highest BCUT2D eigenvalue weighted by Crippen LogP contribution is 2.20. The first-order valence-electron chi connectivity index (χ1n) is 5.39. The molecule has 0 aromatic heterocycles. The third-order valence-electron chi connectivity index (χ3n) is 2.72. The van der Waals surface area contributed by atoms with Gasteiger partial charge in [0.15, 0.2) is 0 Å². The average molecular weight is 229 g/mol. The van der Waals surface area contributed by atoms with E-state index in [1.807, 2.05) is 0 Å². The predicted molar refractivity (Wildman–Crippen MR) is 58.6 cm³/mol. The number of primary amides is 1. The Morgan fingerprint density at radius 2 is 2.19 bits per heavy atom. The number of nitrogens with zero attached hydrogens (tertiary/aromatic N) is 1. The van der Waals surface area contributed by atoms with Crippen LogP contribution in [0.1, 0.15) is 26.7 Å². The van der Waals surface area contributed by atoms with Crippen molar-refractivity contribution >= 4 is 11.9 Å². The van der Waals surface area contributed by atoms with Crippen molar-refractivity contribution in [1.82, 2.24) is 10.2 Å². The van der Waals surface area contributed by atoms with E-state index in [4.69, 9.17) is 5.73 Å². The third-order valence-corrected chi connectivity index (χ3v) is 2.72. The standard InChI is InChI=1S/C10H19N3O3/c1-7(12-9(11)15)8(14)13-5-3-4-10(2,16)6-13/h7,16H,3-6H2,1-2H3,(H3,11,12,15). The Balaban J connectivity index is 2.56. The minimum Gasteiger partial charge on any atom is -0.388 e. The van der Waals surface area contributed by atoms with Gasteiger partial charge < -0.3 is 21.1 Å². The van der Waals surface area contributed by atoms with Crippen molar-refractivity contribution in [3.05, 3.63) is 0 Å². The summed E-state index contributed by atoms with van der Waals surface area (Å²) in [7, 11) is 0. The Kier molecular flexibility index (Phi) is 3.74. The van der Waals surface area contributed by atoms with Crippen molar-refractivity contribution in [2.45, 2.75) is 38.3 Å². The van der Waals surface area contributed by atoms with Crippen molar-refractivity contribution in [3.63, 3.8) is 0 Å². The lowest BCUT2D eigenvalue weighted by molar-refractivity contribution is -0.139. The van der Waals surface area contributed by atoms with Crippen molar-refractivity contribution < 1.29 is 14.7 Å². The predicted octanol–water partition coefficient (Wildman–Crippen LogP) is -0.583. The number of likely N-dealkylation sites (tertiary alicyclic amines) is 1. The molecule has 2 unspecified atom stereocenters. The maximum atomic E-state index is 11.9. The van der Waals surface area contributed by atoms with Crippen molar-refractivity contribution in [2.75, 3.05) is 13.1 Å². The topological polar surface area (TPSA) is 95.7 Å². The van der Waals surface area contributed by atoms with E-state index in [1.54, 1.807) is 18.7 Å². The van der Waals surface area contributed by atoms with E-state index < -0.39 is 17.7 Å². The second kappa shape index (κ2) is 4.69. The Hall–Kier alpha value is -1.30. The summed E-state index contributed by atoms with van der Waals surface area (Å²) in [5, 5.41) is 12.2. The van der Waals surface area contributed by atoms with Gasteiger partial charge in [-0.1, -0.05) is 0 Å². The number of carbonyl (C=O) groups is 2. The fraction of sp³-hybridized carbons (Fsp3) is 0.800. The highest BCUT2D eigenvalue weighted by atomic mass is 16.3. The summed E-state index contributed by atoms with van der Waals surface area (Å²) in [6, 6.07) is -1.36. The van der Waals surface area contributed by atoms with Gasteiger partial charge in [-0.25, -0.2) is 4.79 Å². The summed E-state index contributed by atoms with van der Waals surface area (Å²) in [4.78, 5) is 24.0. The summed E-state index contributed by atoms with van der Waals surface area (Å²) < 4.78 is 0. The molecule has 0 spiro atoms. The Morgan fingerprint density at radius 3 is 2.69 bits per heavy atom. The molecule has 1 aliphatic heterocycles. The molecule has 0 bridgehead atoms. The molecule has 1 aliphatic rings. The molecule has 1 heterocycles. The number of amides is 3. The molecular formula is C10H19N3O3. The number of nitrogens with two attached hydrogens (primary N) is 1. The normalized spacial score (nSPS) is 27.3. The molecule has 0 saturated carbocycles. The van der Waals surface area contributed by atoms with Crippen LogP contribution in [0.2, 0.25) is 0 Å². The molecule has 0 aromatic carbocycles. The largest absolute Gasteiger partial charge is 0.388 e. The van der Waals surface area contributed by atoms with E-state index in [0.717, 1.165) is 6.42 Å². The Labute approximate surface area is 94.8 Å². The van der Waals surface area contributed by atoms with Crippen LogP contribution in [-0.2, 0) is 4.79 Å². The number of hydrogen-bond donors (Lipinski definition) is 3. The van der Waals surface area contributed by atoms with E-state index >= 15 is 0 Å². The number of β-amino-alcohol motifs (C(OH)–C–C–N with tert-alkyl or cyclic N) is 1. The van der Waals surface area contributed by atoms with E-state index in [2.05, 4.69) is 5.32 Å². The summed E-state index contributed by atoms with van der Waals surface area (Å²) in [6.45, 7) is 4.20. The van der Waals surface area contributed by atoms with Crippen LogP contribution >= 0.6 is 0 Å². The summed E-state index contributed by atoms with van der Waals surface area (Å²) in [5.41, 5.74) is 4.11. The van der Waals surface area contributed by atoms with Gasteiger partial charge in [0.05, 0.1) is 5.60 Å². The maximum absolute atomic E-state index is 11.9. The van der Waals surface area contributed by atoms with Gasteiger partial charge in [-0.15, -0.1) is 0 Å². The maximum Gasteiger partial charge on any atom is 0.312 e. The molecule has 2 atom stereocenters. The zero-order valence-electron chi connectivity index (χ0n) is 9.69. The second-order valence-corrected chi connectivity index (χ2v) is 4.59. The Morgan fingerprint density at radius 1 is 1.56 bits per heavy atom. The number of rotatable bonds is 2. The minimum absolute atomic E-state index is 0.209. The fourth-order valence-electron chi connectivity index (χ4n) is 1.96. The number of aliphatic hydroxyl groups is 1. The van der Waals surface area contributed by atoms with E-state index in [-0.39, 0.29) is 5.91 Å². The molecule has 6 nitrogen and oxygen atoms in total. The molecule has 0 aliphatic carbocycles. The van der Waals surface area contributed by atoms with Crippen molar-refractivity contribution in [1.29, 1.82) is 0 Å². The number of urea groups is 1. The molecule has 0 aromatic rings. The van der Waals surface area contributed by atoms with Crippen LogP contribution in [0.5, 0.6) is 0 Å². The lowest BCUT2D eigenvalue weighted by atomic mass is 9.95. The lowest BCUT2D eigenvalue weighted by Gasteiger charge is -2.37. The number of piperidine rings is 1. The molecule has 92 valence electrons. The first kappa shape index (κ1) is 12.8. The van der Waals surface area contributed by atoms with Gasteiger partial charge in [0.25, 0.3) is 0 Å². The molecule has 4 N–H and O–H groups in total. The zero-order valence-corrected chi connectivity index (χ0v) is 9.69. The lowest BCUT2D eigenvalue weighted by Crippen LogP contribution is -2.54. The van der Waals surface area contributed by atoms with Gasteiger partial charge in [0.1, 0.15) is 6.04 Å². The molecule has 1 fully saturated rings. The summed E-state index contributed by atoms with van der Waals surface area (Å²) in [6.07, 6.45) is 1.45. The van der Waals surface area contributed by atoms with Crippen molar-refractivity contribution in [3.8, 4) is 0 Å². The first-order chi connectivity index (χ1) is 7.32. The van der Waals surface area contributed by atoms with Gasteiger partial charge in [0, 0.05) is 13.1 Å². The van der Waals surface area contributed by atoms with Gasteiger partial charge in [-0.3, -0.25) is 4.79 Å². The number of hydrogen-bond acceptors (Lipinski definition) is 3. The molecule has 0 radical (unpaired) electrons. The SMILES string of the molecule is CC(NC(N)=O)C(=O)N1CCCC(C)(O)C1. The minimum atomic E-state index is -0.833. The first-order valence-corrected chi connectivity index (χ1v) is 5.39. The molecule has 16 heavy (non-hydrogen) atoms. The molecule has 1 saturated heterocycles. The average Bonchev–Trinajstić information content (AvgIpc) is 2.13. The Bertz CT molecular complexity index is 291. The fourth-order valence-corrected chi connectivity index (χ4v) is 1.96. The molecule has 1 rings (SSSR count). The summed E-state index contributed by atoms with van der Waals surface area (Å²) in [5.74, 6) is -0.209. The zero-order chi connectivity index (χ0) is 12.3. The van der Waals surface area contributed by atoms with E-state index in [9.17, 15) is 14.7 Å². The van der Waals surface area contributed by atoms with Crippen LogP contribution in [-0.4, -0.2) is 46.7 Å². The van der Waals surface area contributed by atoms with Gasteiger partial charge in [-0.2, -0.15) is 0 Å². The van der Waals surface area contributed by atoms with Crippen LogP contribution in [0.15, 0.2) is 0 Å². The monoisotopic (exact) mass is 229 g/mol. The smallest absolute Gasteiger partial charge is 0.312 e. The van der Waals surface area contributed by atoms with Crippen LogP contribution in [0, 0.1) is 0 Å². The number of nitrogens with one attached hydrogen (secondary N) is 1. The third kappa shape index (κ3) is 3.37. The highest BCUT2D eigenvalue weighted by Gasteiger charge is 2.32. The van der Waals surface area contributed by atoms with Crippen LogP contribution in [0.3, 0.4) is 0 Å². The van der Waals surface area contributed by atoms with Gasteiger partial charge in [0.2, 0.25) is 5.91 Å². The summed E-state index contributed by atoms with van der Waals surface area (Å²) >= 11 is 0. The molecular weight excluding hydrogens is 210 g/mol. The quantitative estimate of drug-likeness (QED) is 0.591. The second-order valence-electron chi connectivity index (χ2n) is 4.59. The highest BCUT2D eigenvalue weighted by molar-refractivity contribution is 5.86. The number of carbonyl (C=O) groups excluding carboxylic acids is 2. The van der Waals surface area contributed by atoms with Crippen LogP contribution in [0.25, 0.3) is 0 Å². The van der Waals surface area contributed by atoms with Gasteiger partial charge >= 0.3 is 6.03 Å².